The molecule has 0 unspecified atom stereocenters. The molecule has 1 aromatic heterocycles. The van der Waals surface area contributed by atoms with Crippen molar-refractivity contribution in [1.29, 1.82) is 0 Å². The molecule has 1 saturated heterocycles. The Morgan fingerprint density at radius 1 is 1.12 bits per heavy atom. The van der Waals surface area contributed by atoms with Gasteiger partial charge in [-0.2, -0.15) is 0 Å². The van der Waals surface area contributed by atoms with E-state index < -0.39 is 5.41 Å². The van der Waals surface area contributed by atoms with Crippen molar-refractivity contribution in [3.63, 3.8) is 0 Å². The van der Waals surface area contributed by atoms with Crippen molar-refractivity contribution in [1.82, 2.24) is 4.98 Å². The number of aromatic nitrogens is 1. The summed E-state index contributed by atoms with van der Waals surface area (Å²) in [4.78, 5) is 19.2. The summed E-state index contributed by atoms with van der Waals surface area (Å²) in [5, 5.41) is 6.19. The first-order valence-corrected chi connectivity index (χ1v) is 9.44. The van der Waals surface area contributed by atoms with Crippen molar-refractivity contribution in [2.24, 2.45) is 5.41 Å². The van der Waals surface area contributed by atoms with Gasteiger partial charge in [0, 0.05) is 35.1 Å². The van der Waals surface area contributed by atoms with E-state index in [0.717, 1.165) is 35.2 Å². The minimum absolute atomic E-state index is 0.0243. The van der Waals surface area contributed by atoms with Gasteiger partial charge in [0.2, 0.25) is 5.91 Å². The summed E-state index contributed by atoms with van der Waals surface area (Å²) >= 11 is 1.71. The van der Waals surface area contributed by atoms with Crippen LogP contribution in [0.2, 0.25) is 0 Å². The van der Waals surface area contributed by atoms with Crippen LogP contribution in [-0.2, 0) is 4.79 Å². The monoisotopic (exact) mass is 343 g/mol. The third kappa shape index (κ3) is 3.96. The van der Waals surface area contributed by atoms with Crippen molar-refractivity contribution in [2.45, 2.75) is 40.0 Å². The van der Waals surface area contributed by atoms with Gasteiger partial charge in [0.15, 0.2) is 5.13 Å². The Hall–Kier alpha value is -1.88. The Morgan fingerprint density at radius 2 is 1.79 bits per heavy atom. The van der Waals surface area contributed by atoms with Crippen molar-refractivity contribution in [3.8, 4) is 11.3 Å². The van der Waals surface area contributed by atoms with E-state index in [-0.39, 0.29) is 5.91 Å². The molecule has 0 atom stereocenters. The van der Waals surface area contributed by atoms with Crippen LogP contribution in [0.15, 0.2) is 29.6 Å². The van der Waals surface area contributed by atoms with E-state index in [1.165, 1.54) is 19.3 Å². The molecule has 0 aliphatic carbocycles. The molecule has 0 spiro atoms. The highest BCUT2D eigenvalue weighted by Crippen LogP contribution is 2.30. The van der Waals surface area contributed by atoms with E-state index in [0.29, 0.717) is 0 Å². The van der Waals surface area contributed by atoms with E-state index in [4.69, 9.17) is 4.98 Å². The molecule has 128 valence electrons. The normalized spacial score (nSPS) is 15.4. The first-order chi connectivity index (χ1) is 11.4. The Labute approximate surface area is 147 Å². The van der Waals surface area contributed by atoms with E-state index in [2.05, 4.69) is 15.6 Å². The minimum atomic E-state index is -0.392. The predicted octanol–water partition coefficient (Wildman–Crippen LogP) is 4.79. The lowest BCUT2D eigenvalue weighted by atomic mass is 9.95. The zero-order chi connectivity index (χ0) is 17.2. The number of carbonyl (C=O) groups is 1. The number of hydrogen-bond donors (Lipinski definition) is 1. The molecule has 0 radical (unpaired) electrons. The zero-order valence-electron chi connectivity index (χ0n) is 14.6. The summed E-state index contributed by atoms with van der Waals surface area (Å²) in [6.07, 6.45) is 3.85. The quantitative estimate of drug-likeness (QED) is 0.872. The van der Waals surface area contributed by atoms with E-state index >= 15 is 0 Å². The van der Waals surface area contributed by atoms with Crippen molar-refractivity contribution >= 4 is 28.1 Å². The fourth-order valence-corrected chi connectivity index (χ4v) is 3.56. The van der Waals surface area contributed by atoms with Crippen LogP contribution in [0.5, 0.6) is 0 Å². The summed E-state index contributed by atoms with van der Waals surface area (Å²) in [5.74, 6) is 0.0243. The summed E-state index contributed by atoms with van der Waals surface area (Å²) in [5.41, 5.74) is 2.53. The van der Waals surface area contributed by atoms with Crippen molar-refractivity contribution in [2.75, 3.05) is 23.3 Å². The topological polar surface area (TPSA) is 45.2 Å². The highest BCUT2D eigenvalue weighted by Gasteiger charge is 2.21. The van der Waals surface area contributed by atoms with Gasteiger partial charge in [-0.1, -0.05) is 32.9 Å². The number of hydrogen-bond acceptors (Lipinski definition) is 4. The van der Waals surface area contributed by atoms with Crippen molar-refractivity contribution < 1.29 is 4.79 Å². The molecule has 1 fully saturated rings. The van der Waals surface area contributed by atoms with Gasteiger partial charge in [0.05, 0.1) is 5.69 Å². The lowest BCUT2D eigenvalue weighted by Crippen LogP contribution is -2.29. The first kappa shape index (κ1) is 17.0. The Kier molecular flexibility index (Phi) is 4.90. The second kappa shape index (κ2) is 6.93. The van der Waals surface area contributed by atoms with Crippen LogP contribution in [0.1, 0.15) is 40.0 Å². The first-order valence-electron chi connectivity index (χ1n) is 8.56. The number of thiazole rings is 1. The fraction of sp³-hybridized carbons (Fsp3) is 0.474. The third-order valence-corrected chi connectivity index (χ3v) is 5.14. The maximum absolute atomic E-state index is 12.0. The second-order valence-electron chi connectivity index (χ2n) is 7.34. The molecular weight excluding hydrogens is 318 g/mol. The SMILES string of the molecule is CC(C)(C)C(=O)Nc1ccc(-c2csc(N3CCCCC3)n2)cc1. The van der Waals surface area contributed by atoms with Gasteiger partial charge < -0.3 is 10.2 Å². The molecule has 24 heavy (non-hydrogen) atoms. The maximum atomic E-state index is 12.0. The Bertz CT molecular complexity index is 694. The highest BCUT2D eigenvalue weighted by molar-refractivity contribution is 7.14. The summed E-state index contributed by atoms with van der Waals surface area (Å²) in [6, 6.07) is 7.93. The molecule has 2 heterocycles. The number of nitrogens with zero attached hydrogens (tertiary/aromatic N) is 2. The number of amides is 1. The van der Waals surface area contributed by atoms with Crippen LogP contribution in [0, 0.1) is 5.41 Å². The van der Waals surface area contributed by atoms with Crippen LogP contribution in [0.4, 0.5) is 10.8 Å². The van der Waals surface area contributed by atoms with Crippen LogP contribution in [0.25, 0.3) is 11.3 Å². The lowest BCUT2D eigenvalue weighted by molar-refractivity contribution is -0.123. The van der Waals surface area contributed by atoms with Gasteiger partial charge in [0.25, 0.3) is 0 Å². The molecule has 1 amide bonds. The van der Waals surface area contributed by atoms with Gasteiger partial charge in [-0.25, -0.2) is 4.98 Å². The molecular formula is C19H25N3OS. The van der Waals surface area contributed by atoms with Crippen LogP contribution >= 0.6 is 11.3 Å². The predicted molar refractivity (Wildman–Crippen MR) is 102 cm³/mol. The van der Waals surface area contributed by atoms with E-state index in [1.54, 1.807) is 11.3 Å². The number of rotatable bonds is 3. The van der Waals surface area contributed by atoms with Gasteiger partial charge >= 0.3 is 0 Å². The average molecular weight is 343 g/mol. The third-order valence-electron chi connectivity index (χ3n) is 4.24. The molecule has 0 saturated carbocycles. The molecule has 1 aromatic carbocycles. The molecule has 3 rings (SSSR count). The van der Waals surface area contributed by atoms with Gasteiger partial charge in [-0.15, -0.1) is 11.3 Å². The molecule has 4 nitrogen and oxygen atoms in total. The second-order valence-corrected chi connectivity index (χ2v) is 8.18. The molecule has 1 aliphatic rings. The zero-order valence-corrected chi connectivity index (χ0v) is 15.4. The number of nitrogens with one attached hydrogen (secondary N) is 1. The minimum Gasteiger partial charge on any atom is -0.348 e. The fourth-order valence-electron chi connectivity index (χ4n) is 2.67. The smallest absolute Gasteiger partial charge is 0.229 e. The van der Waals surface area contributed by atoms with E-state index in [1.807, 2.05) is 45.0 Å². The van der Waals surface area contributed by atoms with Crippen molar-refractivity contribution in [3.05, 3.63) is 29.6 Å². The lowest BCUT2D eigenvalue weighted by Gasteiger charge is -2.25. The maximum Gasteiger partial charge on any atom is 0.229 e. The van der Waals surface area contributed by atoms with Gasteiger partial charge in [0.1, 0.15) is 0 Å². The number of piperidine rings is 1. The summed E-state index contributed by atoms with van der Waals surface area (Å²) in [6.45, 7) is 7.96. The number of carbonyl (C=O) groups excluding carboxylic acids is 1. The standard InChI is InChI=1S/C19H25N3OS/c1-19(2,3)17(23)20-15-9-7-14(8-10-15)16-13-24-18(21-16)22-11-5-4-6-12-22/h7-10,13H,4-6,11-12H2,1-3H3,(H,20,23). The molecule has 2 aromatic rings. The van der Waals surface area contributed by atoms with Crippen LogP contribution < -0.4 is 10.2 Å². The number of benzene rings is 1. The summed E-state index contributed by atoms with van der Waals surface area (Å²) in [7, 11) is 0. The molecule has 0 bridgehead atoms. The molecule has 1 N–H and O–H groups in total. The van der Waals surface area contributed by atoms with Crippen LogP contribution in [0.3, 0.4) is 0 Å². The van der Waals surface area contributed by atoms with Gasteiger partial charge in [-0.05, 0) is 31.4 Å². The highest BCUT2D eigenvalue weighted by atomic mass is 32.1. The van der Waals surface area contributed by atoms with Crippen LogP contribution in [-0.4, -0.2) is 24.0 Å². The largest absolute Gasteiger partial charge is 0.348 e. The van der Waals surface area contributed by atoms with E-state index in [9.17, 15) is 4.79 Å². The molecule has 1 aliphatic heterocycles. The summed E-state index contributed by atoms with van der Waals surface area (Å²) < 4.78 is 0. The van der Waals surface area contributed by atoms with Gasteiger partial charge in [-0.3, -0.25) is 4.79 Å². The molecule has 5 heteroatoms. The number of anilines is 2. The average Bonchev–Trinajstić information content (AvgIpc) is 3.05. The Balaban J connectivity index is 1.69. The Morgan fingerprint density at radius 3 is 2.42 bits per heavy atom.